The Morgan fingerprint density at radius 3 is 2.66 bits per heavy atom. The minimum atomic E-state index is -0.484. The van der Waals surface area contributed by atoms with Gasteiger partial charge in [0.15, 0.2) is 11.6 Å². The SMILES string of the molecule is Fc1cc(Cl)ccc1COc1cc(NC2CCN(Cc3nccn3C[C@@H]3CCO3)CC2)ccc1F. The molecule has 186 valence electrons. The molecule has 0 unspecified atom stereocenters. The highest BCUT2D eigenvalue weighted by Gasteiger charge is 2.23. The number of anilines is 1. The Labute approximate surface area is 208 Å². The molecule has 3 aromatic rings. The summed E-state index contributed by atoms with van der Waals surface area (Å²) in [7, 11) is 0. The maximum Gasteiger partial charge on any atom is 0.165 e. The van der Waals surface area contributed by atoms with Crippen molar-refractivity contribution in [1.29, 1.82) is 0 Å². The van der Waals surface area contributed by atoms with E-state index in [9.17, 15) is 8.78 Å². The molecule has 0 saturated carbocycles. The van der Waals surface area contributed by atoms with Gasteiger partial charge in [0.05, 0.1) is 19.2 Å². The van der Waals surface area contributed by atoms with Gasteiger partial charge in [0.25, 0.3) is 0 Å². The first-order chi connectivity index (χ1) is 17.0. The van der Waals surface area contributed by atoms with Gasteiger partial charge >= 0.3 is 0 Å². The fraction of sp³-hybridized carbons (Fsp3) is 0.423. The van der Waals surface area contributed by atoms with Gasteiger partial charge in [0.1, 0.15) is 18.2 Å². The van der Waals surface area contributed by atoms with Gasteiger partial charge in [-0.2, -0.15) is 0 Å². The highest BCUT2D eigenvalue weighted by atomic mass is 35.5. The summed E-state index contributed by atoms with van der Waals surface area (Å²) in [5.74, 6) is 0.203. The minimum Gasteiger partial charge on any atom is -0.486 e. The van der Waals surface area contributed by atoms with Crippen molar-refractivity contribution in [2.24, 2.45) is 0 Å². The molecule has 5 rings (SSSR count). The van der Waals surface area contributed by atoms with Crippen molar-refractivity contribution in [3.63, 3.8) is 0 Å². The molecule has 0 spiro atoms. The van der Waals surface area contributed by atoms with E-state index in [-0.39, 0.29) is 18.4 Å². The fourth-order valence-corrected chi connectivity index (χ4v) is 4.63. The van der Waals surface area contributed by atoms with Crippen molar-refractivity contribution in [3.8, 4) is 5.75 Å². The lowest BCUT2D eigenvalue weighted by molar-refractivity contribution is -0.0598. The molecule has 0 amide bonds. The molecule has 2 saturated heterocycles. The molecule has 0 radical (unpaired) electrons. The number of nitrogens with zero attached hydrogens (tertiary/aromatic N) is 3. The van der Waals surface area contributed by atoms with Gasteiger partial charge in [-0.25, -0.2) is 13.8 Å². The van der Waals surface area contributed by atoms with Crippen molar-refractivity contribution < 1.29 is 18.3 Å². The van der Waals surface area contributed by atoms with Crippen LogP contribution < -0.4 is 10.1 Å². The van der Waals surface area contributed by atoms with Crippen molar-refractivity contribution >= 4 is 17.3 Å². The van der Waals surface area contributed by atoms with E-state index in [0.717, 1.165) is 63.6 Å². The first-order valence-corrected chi connectivity index (χ1v) is 12.4. The number of likely N-dealkylation sites (tertiary alicyclic amines) is 1. The predicted octanol–water partition coefficient (Wildman–Crippen LogP) is 5.26. The lowest BCUT2D eigenvalue weighted by Gasteiger charge is -2.33. The minimum absolute atomic E-state index is 0.0790. The van der Waals surface area contributed by atoms with E-state index in [4.69, 9.17) is 21.1 Å². The third-order valence-corrected chi connectivity index (χ3v) is 6.88. The van der Waals surface area contributed by atoms with Crippen LogP contribution >= 0.6 is 11.6 Å². The third kappa shape index (κ3) is 6.12. The molecule has 0 bridgehead atoms. The maximum absolute atomic E-state index is 14.3. The molecule has 1 aromatic heterocycles. The molecule has 2 fully saturated rings. The Kier molecular flexibility index (Phi) is 7.51. The van der Waals surface area contributed by atoms with E-state index in [1.165, 1.54) is 12.1 Å². The number of aromatic nitrogens is 2. The third-order valence-electron chi connectivity index (χ3n) is 6.65. The number of hydrogen-bond acceptors (Lipinski definition) is 5. The van der Waals surface area contributed by atoms with E-state index in [0.29, 0.717) is 16.7 Å². The zero-order valence-corrected chi connectivity index (χ0v) is 20.2. The van der Waals surface area contributed by atoms with Gasteiger partial charge in [-0.1, -0.05) is 17.7 Å². The van der Waals surface area contributed by atoms with Crippen molar-refractivity contribution in [2.75, 3.05) is 25.0 Å². The maximum atomic E-state index is 14.3. The summed E-state index contributed by atoms with van der Waals surface area (Å²) in [5.41, 5.74) is 1.10. The van der Waals surface area contributed by atoms with Gasteiger partial charge in [0, 0.05) is 60.5 Å². The standard InChI is InChI=1S/C26H29ClF2N4O2/c27-19-2-1-18(24(29)13-19)17-35-25-14-21(3-4-23(25)28)31-20-5-9-32(10-6-20)16-26-30-8-11-33(26)15-22-7-12-34-22/h1-4,8,11,13-14,20,22,31H,5-7,9-10,12,15-17H2/t22-/m0/s1. The predicted molar refractivity (Wildman–Crippen MR) is 131 cm³/mol. The normalized spacial score (nSPS) is 18.9. The number of ether oxygens (including phenoxy) is 2. The van der Waals surface area contributed by atoms with Gasteiger partial charge in [-0.3, -0.25) is 4.90 Å². The van der Waals surface area contributed by atoms with E-state index in [1.54, 1.807) is 24.3 Å². The molecule has 1 atom stereocenters. The molecule has 9 heteroatoms. The van der Waals surface area contributed by atoms with Crippen molar-refractivity contribution in [1.82, 2.24) is 14.5 Å². The fourth-order valence-electron chi connectivity index (χ4n) is 4.47. The quantitative estimate of drug-likeness (QED) is 0.432. The second kappa shape index (κ2) is 10.9. The van der Waals surface area contributed by atoms with Gasteiger partial charge in [-0.15, -0.1) is 0 Å². The number of halogens is 3. The Morgan fingerprint density at radius 2 is 1.91 bits per heavy atom. The highest BCUT2D eigenvalue weighted by Crippen LogP contribution is 2.26. The smallest absolute Gasteiger partial charge is 0.165 e. The zero-order valence-electron chi connectivity index (χ0n) is 19.4. The summed E-state index contributed by atoms with van der Waals surface area (Å²) >= 11 is 5.79. The van der Waals surface area contributed by atoms with Crippen LogP contribution in [0.1, 0.15) is 30.7 Å². The second-order valence-electron chi connectivity index (χ2n) is 9.14. The van der Waals surface area contributed by atoms with Crippen LogP contribution in [0.15, 0.2) is 48.8 Å². The number of hydrogen-bond donors (Lipinski definition) is 1. The van der Waals surface area contributed by atoms with Crippen molar-refractivity contribution in [3.05, 3.63) is 76.8 Å². The molecule has 6 nitrogen and oxygen atoms in total. The van der Waals surface area contributed by atoms with Crippen molar-refractivity contribution in [2.45, 2.75) is 51.1 Å². The molecule has 3 heterocycles. The molecular formula is C26H29ClF2N4O2. The van der Waals surface area contributed by atoms with Crippen LogP contribution in [-0.4, -0.2) is 46.3 Å². The highest BCUT2D eigenvalue weighted by molar-refractivity contribution is 6.30. The Morgan fingerprint density at radius 1 is 1.09 bits per heavy atom. The zero-order chi connectivity index (χ0) is 24.2. The van der Waals surface area contributed by atoms with Gasteiger partial charge in [-0.05, 0) is 43.5 Å². The molecule has 0 aliphatic carbocycles. The van der Waals surface area contributed by atoms with Crippen LogP contribution in [0.5, 0.6) is 5.75 Å². The van der Waals surface area contributed by atoms with E-state index in [2.05, 4.69) is 19.8 Å². The molecule has 2 aliphatic rings. The summed E-state index contributed by atoms with van der Waals surface area (Å²) in [6.07, 6.45) is 7.25. The number of piperidine rings is 1. The summed E-state index contributed by atoms with van der Waals surface area (Å²) < 4.78 is 41.6. The van der Waals surface area contributed by atoms with Gasteiger partial charge in [0.2, 0.25) is 0 Å². The first kappa shape index (κ1) is 24.0. The summed E-state index contributed by atoms with van der Waals surface area (Å²) in [6.45, 7) is 4.37. The van der Waals surface area contributed by atoms with Crippen LogP contribution in [-0.2, 0) is 24.4 Å². The Bertz CT molecular complexity index is 1150. The van der Waals surface area contributed by atoms with Gasteiger partial charge < -0.3 is 19.4 Å². The van der Waals surface area contributed by atoms with Crippen LogP contribution in [0.2, 0.25) is 5.02 Å². The largest absolute Gasteiger partial charge is 0.486 e. The Hall–Kier alpha value is -2.68. The topological polar surface area (TPSA) is 51.5 Å². The Balaban J connectivity index is 1.12. The lowest BCUT2D eigenvalue weighted by atomic mass is 10.0. The average molecular weight is 503 g/mol. The van der Waals surface area contributed by atoms with Crippen LogP contribution in [0, 0.1) is 11.6 Å². The van der Waals surface area contributed by atoms with Crippen LogP contribution in [0.25, 0.3) is 0 Å². The van der Waals surface area contributed by atoms with Crippen LogP contribution in [0.4, 0.5) is 14.5 Å². The number of imidazole rings is 1. The number of benzene rings is 2. The number of rotatable bonds is 9. The van der Waals surface area contributed by atoms with E-state index < -0.39 is 11.6 Å². The van der Waals surface area contributed by atoms with E-state index >= 15 is 0 Å². The molecule has 2 aliphatic heterocycles. The first-order valence-electron chi connectivity index (χ1n) is 12.0. The second-order valence-corrected chi connectivity index (χ2v) is 9.58. The summed E-state index contributed by atoms with van der Waals surface area (Å²) in [4.78, 5) is 6.96. The summed E-state index contributed by atoms with van der Waals surface area (Å²) in [6, 6.07) is 9.33. The molecule has 1 N–H and O–H groups in total. The molecule has 35 heavy (non-hydrogen) atoms. The summed E-state index contributed by atoms with van der Waals surface area (Å²) in [5, 5.41) is 3.80. The molecule has 2 aromatic carbocycles. The lowest BCUT2D eigenvalue weighted by Crippen LogP contribution is -2.39. The van der Waals surface area contributed by atoms with Crippen LogP contribution in [0.3, 0.4) is 0 Å². The molecular weight excluding hydrogens is 474 g/mol. The monoisotopic (exact) mass is 502 g/mol. The van der Waals surface area contributed by atoms with E-state index in [1.807, 2.05) is 12.4 Å². The average Bonchev–Trinajstić information content (AvgIpc) is 3.25. The number of nitrogens with one attached hydrogen (secondary N) is 1.